The van der Waals surface area contributed by atoms with E-state index in [4.69, 9.17) is 5.11 Å². The lowest BCUT2D eigenvalue weighted by atomic mass is 10.0. The average Bonchev–Trinajstić information content (AvgIpc) is 2.81. The van der Waals surface area contributed by atoms with Gasteiger partial charge in [-0.1, -0.05) is 0 Å². The molecule has 0 radical (unpaired) electrons. The highest BCUT2D eigenvalue weighted by molar-refractivity contribution is 7.89. The Bertz CT molecular complexity index is 546. The summed E-state index contributed by atoms with van der Waals surface area (Å²) in [7, 11) is -1.72. The molecule has 102 valence electrons. The molecule has 0 amide bonds. The van der Waals surface area contributed by atoms with Crippen molar-refractivity contribution in [2.24, 2.45) is 7.05 Å². The van der Waals surface area contributed by atoms with Gasteiger partial charge in [0.1, 0.15) is 4.90 Å². The Hall–Kier alpha value is -0.850. The normalized spacial score (nSPS) is 20.4. The molecule has 2 heterocycles. The van der Waals surface area contributed by atoms with Crippen molar-refractivity contribution >= 4 is 10.0 Å². The summed E-state index contributed by atoms with van der Waals surface area (Å²) in [5, 5.41) is 9.14. The second-order valence-corrected chi connectivity index (χ2v) is 7.29. The summed E-state index contributed by atoms with van der Waals surface area (Å²) in [5.74, 6) is 0. The Balaban J connectivity index is 2.42. The van der Waals surface area contributed by atoms with Gasteiger partial charge < -0.3 is 9.67 Å². The van der Waals surface area contributed by atoms with Crippen LogP contribution < -0.4 is 0 Å². The molecule has 1 aromatic heterocycles. The monoisotopic (exact) mass is 272 g/mol. The first-order valence-corrected chi connectivity index (χ1v) is 7.52. The van der Waals surface area contributed by atoms with Crippen LogP contribution in [-0.2, 0) is 23.7 Å². The molecule has 0 atom stereocenters. The van der Waals surface area contributed by atoms with Crippen molar-refractivity contribution in [2.75, 3.05) is 6.54 Å². The first-order chi connectivity index (χ1) is 8.29. The lowest BCUT2D eigenvalue weighted by molar-refractivity contribution is 0.272. The minimum absolute atomic E-state index is 0.157. The fourth-order valence-corrected chi connectivity index (χ4v) is 4.47. The lowest BCUT2D eigenvalue weighted by Crippen LogP contribution is -2.42. The maximum Gasteiger partial charge on any atom is 0.245 e. The van der Waals surface area contributed by atoms with Crippen LogP contribution in [0.2, 0.25) is 0 Å². The van der Waals surface area contributed by atoms with E-state index in [1.807, 2.05) is 13.8 Å². The number of sulfonamides is 1. The Morgan fingerprint density at radius 1 is 1.44 bits per heavy atom. The number of aliphatic hydroxyl groups excluding tert-OH is 1. The Morgan fingerprint density at radius 2 is 2.11 bits per heavy atom. The summed E-state index contributed by atoms with van der Waals surface area (Å²) in [6.07, 6.45) is 3.34. The third-order valence-electron chi connectivity index (χ3n) is 3.66. The maximum atomic E-state index is 12.6. The number of aryl methyl sites for hydroxylation is 1. The summed E-state index contributed by atoms with van der Waals surface area (Å²) >= 11 is 0. The smallest absolute Gasteiger partial charge is 0.245 e. The fraction of sp³-hybridized carbons (Fsp3) is 0.667. The van der Waals surface area contributed by atoms with Gasteiger partial charge in [0.25, 0.3) is 0 Å². The Labute approximate surface area is 108 Å². The number of hydrogen-bond acceptors (Lipinski definition) is 3. The van der Waals surface area contributed by atoms with E-state index in [9.17, 15) is 8.42 Å². The predicted octanol–water partition coefficient (Wildman–Crippen LogP) is 1.08. The highest BCUT2D eigenvalue weighted by Crippen LogP contribution is 2.34. The SMILES string of the molecule is Cn1cc(S(=O)(=O)N2CCCC2(C)C)cc1CO. The van der Waals surface area contributed by atoms with Crippen LogP contribution in [0.15, 0.2) is 17.2 Å². The van der Waals surface area contributed by atoms with Crippen molar-refractivity contribution in [3.8, 4) is 0 Å². The molecule has 1 saturated heterocycles. The van der Waals surface area contributed by atoms with E-state index in [-0.39, 0.29) is 17.0 Å². The van der Waals surface area contributed by atoms with Crippen molar-refractivity contribution in [1.29, 1.82) is 0 Å². The summed E-state index contributed by atoms with van der Waals surface area (Å²) in [4.78, 5) is 0.268. The Morgan fingerprint density at radius 3 is 2.56 bits per heavy atom. The van der Waals surface area contributed by atoms with Crippen molar-refractivity contribution in [3.63, 3.8) is 0 Å². The van der Waals surface area contributed by atoms with E-state index >= 15 is 0 Å². The highest BCUT2D eigenvalue weighted by atomic mass is 32.2. The van der Waals surface area contributed by atoms with Crippen LogP contribution in [0.3, 0.4) is 0 Å². The molecule has 1 aromatic rings. The summed E-state index contributed by atoms with van der Waals surface area (Å²) in [6.45, 7) is 4.31. The number of rotatable bonds is 3. The quantitative estimate of drug-likeness (QED) is 0.895. The van der Waals surface area contributed by atoms with Crippen LogP contribution in [0.4, 0.5) is 0 Å². The van der Waals surface area contributed by atoms with E-state index in [0.29, 0.717) is 12.2 Å². The molecule has 0 bridgehead atoms. The molecule has 5 nitrogen and oxygen atoms in total. The van der Waals surface area contributed by atoms with Crippen LogP contribution in [-0.4, -0.2) is 34.5 Å². The second-order valence-electron chi connectivity index (χ2n) is 5.43. The van der Waals surface area contributed by atoms with Gasteiger partial charge in [-0.05, 0) is 32.8 Å². The van der Waals surface area contributed by atoms with Crippen LogP contribution in [0.1, 0.15) is 32.4 Å². The lowest BCUT2D eigenvalue weighted by Gasteiger charge is -2.30. The van der Waals surface area contributed by atoms with Gasteiger partial charge in [-0.15, -0.1) is 0 Å². The van der Waals surface area contributed by atoms with E-state index in [1.165, 1.54) is 0 Å². The summed E-state index contributed by atoms with van der Waals surface area (Å²) in [6, 6.07) is 1.55. The minimum Gasteiger partial charge on any atom is -0.390 e. The molecular weight excluding hydrogens is 252 g/mol. The van der Waals surface area contributed by atoms with Crippen molar-refractivity contribution in [3.05, 3.63) is 18.0 Å². The van der Waals surface area contributed by atoms with Gasteiger partial charge in [0.2, 0.25) is 10.0 Å². The topological polar surface area (TPSA) is 62.5 Å². The average molecular weight is 272 g/mol. The maximum absolute atomic E-state index is 12.6. The zero-order valence-electron chi connectivity index (χ0n) is 11.0. The van der Waals surface area contributed by atoms with Crippen LogP contribution in [0.5, 0.6) is 0 Å². The van der Waals surface area contributed by atoms with Gasteiger partial charge in [-0.2, -0.15) is 4.31 Å². The predicted molar refractivity (Wildman–Crippen MR) is 68.5 cm³/mol. The molecule has 18 heavy (non-hydrogen) atoms. The molecule has 1 aliphatic heterocycles. The van der Waals surface area contributed by atoms with Gasteiger partial charge in [0, 0.05) is 31.0 Å². The third-order valence-corrected chi connectivity index (χ3v) is 5.73. The van der Waals surface area contributed by atoms with Gasteiger partial charge in [0.15, 0.2) is 0 Å². The van der Waals surface area contributed by atoms with Crippen molar-refractivity contribution in [2.45, 2.75) is 43.7 Å². The zero-order valence-corrected chi connectivity index (χ0v) is 11.9. The molecule has 0 unspecified atom stereocenters. The van der Waals surface area contributed by atoms with E-state index < -0.39 is 10.0 Å². The molecule has 0 spiro atoms. The number of nitrogens with zero attached hydrogens (tertiary/aromatic N) is 2. The fourth-order valence-electron chi connectivity index (χ4n) is 2.53. The molecule has 0 aliphatic carbocycles. The van der Waals surface area contributed by atoms with Crippen LogP contribution in [0, 0.1) is 0 Å². The molecule has 6 heteroatoms. The molecule has 1 aliphatic rings. The second kappa shape index (κ2) is 4.36. The highest BCUT2D eigenvalue weighted by Gasteiger charge is 2.41. The largest absolute Gasteiger partial charge is 0.390 e. The number of hydrogen-bond donors (Lipinski definition) is 1. The van der Waals surface area contributed by atoms with E-state index in [1.54, 1.807) is 28.2 Å². The van der Waals surface area contributed by atoms with Gasteiger partial charge in [0.05, 0.1) is 6.61 Å². The Kier molecular flexibility index (Phi) is 3.29. The summed E-state index contributed by atoms with van der Waals surface area (Å²) < 4.78 is 28.3. The summed E-state index contributed by atoms with van der Waals surface area (Å²) in [5.41, 5.74) is 0.277. The van der Waals surface area contributed by atoms with Gasteiger partial charge in [-0.3, -0.25) is 0 Å². The van der Waals surface area contributed by atoms with E-state index in [2.05, 4.69) is 0 Å². The number of aliphatic hydroxyl groups is 1. The first-order valence-electron chi connectivity index (χ1n) is 6.08. The zero-order chi connectivity index (χ0) is 13.6. The van der Waals surface area contributed by atoms with Crippen LogP contribution in [0.25, 0.3) is 0 Å². The van der Waals surface area contributed by atoms with Gasteiger partial charge in [-0.25, -0.2) is 8.42 Å². The first kappa shape index (κ1) is 13.6. The molecule has 1 N–H and O–H groups in total. The molecule has 0 aromatic carbocycles. The van der Waals surface area contributed by atoms with Gasteiger partial charge >= 0.3 is 0 Å². The number of aromatic nitrogens is 1. The van der Waals surface area contributed by atoms with Crippen molar-refractivity contribution < 1.29 is 13.5 Å². The molecule has 2 rings (SSSR count). The molecular formula is C12H20N2O3S. The molecule has 0 saturated carbocycles. The van der Waals surface area contributed by atoms with Crippen molar-refractivity contribution in [1.82, 2.24) is 8.87 Å². The minimum atomic E-state index is -3.46. The standard InChI is InChI=1S/C12H20N2O3S/c1-12(2)5-4-6-14(12)18(16,17)11-7-10(9-15)13(3)8-11/h7-8,15H,4-6,9H2,1-3H3. The third kappa shape index (κ3) is 2.08. The van der Waals surface area contributed by atoms with E-state index in [0.717, 1.165) is 12.8 Å². The molecule has 1 fully saturated rings. The van der Waals surface area contributed by atoms with Crippen LogP contribution >= 0.6 is 0 Å².